The van der Waals surface area contributed by atoms with Gasteiger partial charge in [0.15, 0.2) is 0 Å². The second-order valence-electron chi connectivity index (χ2n) is 11.6. The van der Waals surface area contributed by atoms with Gasteiger partial charge in [0.05, 0.1) is 17.3 Å². The minimum Gasteiger partial charge on any atom is -0.478 e. The number of aromatic amines is 1. The Morgan fingerprint density at radius 2 is 1.71 bits per heavy atom. The maximum Gasteiger partial charge on any atom is 0.335 e. The van der Waals surface area contributed by atoms with Gasteiger partial charge in [0, 0.05) is 38.4 Å². The van der Waals surface area contributed by atoms with Crippen molar-refractivity contribution in [1.82, 2.24) is 9.88 Å². The molecule has 0 fully saturated rings. The molecule has 0 spiro atoms. The van der Waals surface area contributed by atoms with Gasteiger partial charge in [0.25, 0.3) is 5.91 Å². The minimum absolute atomic E-state index is 0.0942. The molecule has 0 radical (unpaired) electrons. The molecule has 0 saturated heterocycles. The molecule has 0 bridgehead atoms. The van der Waals surface area contributed by atoms with Gasteiger partial charge in [0.2, 0.25) is 0 Å². The van der Waals surface area contributed by atoms with Crippen LogP contribution in [0, 0.1) is 12.8 Å². The molecule has 0 saturated carbocycles. The van der Waals surface area contributed by atoms with E-state index in [9.17, 15) is 14.7 Å². The Labute approximate surface area is 270 Å². The molecule has 1 amide bonds. The standard InChI is InChI=1S/C37H29Cl2N3O3/c1-20-10-11-24(37(44)45)17-28(20)41-36(43)33-32-31-27(18-26(39)19-29(31)40-33)34(23-12-14-25(38)15-13-23)42-16-6-7-21(2)30(35(32)42)22-8-4-3-5-9-22/h3-6,8-19,21,34,40H,7H2,1-2H3,(H,41,43)(H,44,45). The summed E-state index contributed by atoms with van der Waals surface area (Å²) < 4.78 is 0. The van der Waals surface area contributed by atoms with E-state index in [2.05, 4.69) is 46.5 Å². The van der Waals surface area contributed by atoms with Crippen LogP contribution in [-0.2, 0) is 0 Å². The number of H-pyrrole nitrogens is 1. The number of carboxylic acid groups (broad SMARTS) is 1. The smallest absolute Gasteiger partial charge is 0.335 e. The van der Waals surface area contributed by atoms with E-state index in [1.807, 2.05) is 61.5 Å². The van der Waals surface area contributed by atoms with E-state index < -0.39 is 5.97 Å². The molecule has 2 aliphatic heterocycles. The van der Waals surface area contributed by atoms with Crippen molar-refractivity contribution in [2.24, 2.45) is 5.92 Å². The van der Waals surface area contributed by atoms with Crippen molar-refractivity contribution in [2.45, 2.75) is 26.3 Å². The number of anilines is 1. The summed E-state index contributed by atoms with van der Waals surface area (Å²) in [5, 5.41) is 14.7. The third-order valence-corrected chi connectivity index (χ3v) is 9.17. The number of allylic oxidation sites excluding steroid dienone is 2. The van der Waals surface area contributed by atoms with Crippen LogP contribution in [0.2, 0.25) is 10.0 Å². The van der Waals surface area contributed by atoms with Crippen LogP contribution >= 0.6 is 23.2 Å². The highest BCUT2D eigenvalue weighted by atomic mass is 35.5. The highest BCUT2D eigenvalue weighted by molar-refractivity contribution is 6.32. The third-order valence-electron chi connectivity index (χ3n) is 8.69. The fourth-order valence-corrected chi connectivity index (χ4v) is 6.97. The average molecular weight is 635 g/mol. The van der Waals surface area contributed by atoms with Crippen LogP contribution in [-0.4, -0.2) is 26.9 Å². The summed E-state index contributed by atoms with van der Waals surface area (Å²) in [4.78, 5) is 31.7. The Morgan fingerprint density at radius 3 is 2.44 bits per heavy atom. The van der Waals surface area contributed by atoms with Crippen LogP contribution in [0.5, 0.6) is 0 Å². The molecule has 3 heterocycles. The molecule has 6 nitrogen and oxygen atoms in total. The topological polar surface area (TPSA) is 85.4 Å². The number of aromatic nitrogens is 1. The second-order valence-corrected chi connectivity index (χ2v) is 12.5. The van der Waals surface area contributed by atoms with Gasteiger partial charge >= 0.3 is 5.97 Å². The predicted octanol–water partition coefficient (Wildman–Crippen LogP) is 9.56. The zero-order valence-electron chi connectivity index (χ0n) is 24.6. The number of nitrogens with one attached hydrogen (secondary N) is 2. The quantitative estimate of drug-likeness (QED) is 0.180. The lowest BCUT2D eigenvalue weighted by atomic mass is 9.82. The predicted molar refractivity (Wildman–Crippen MR) is 181 cm³/mol. The number of rotatable bonds is 5. The van der Waals surface area contributed by atoms with Crippen molar-refractivity contribution in [2.75, 3.05) is 5.32 Å². The number of hydrogen-bond acceptors (Lipinski definition) is 3. The van der Waals surface area contributed by atoms with E-state index in [4.69, 9.17) is 23.2 Å². The van der Waals surface area contributed by atoms with Crippen LogP contribution < -0.4 is 5.32 Å². The van der Waals surface area contributed by atoms with Crippen molar-refractivity contribution in [3.8, 4) is 0 Å². The molecule has 0 aliphatic carbocycles. The lowest BCUT2D eigenvalue weighted by Gasteiger charge is -2.39. The number of carbonyl (C=O) groups excluding carboxylic acids is 1. The summed E-state index contributed by atoms with van der Waals surface area (Å²) in [5.41, 5.74) is 8.31. The highest BCUT2D eigenvalue weighted by Crippen LogP contribution is 2.52. The number of benzene rings is 4. The highest BCUT2D eigenvalue weighted by Gasteiger charge is 2.39. The molecular formula is C37H29Cl2N3O3. The summed E-state index contributed by atoms with van der Waals surface area (Å²) in [6.07, 6.45) is 5.11. The first-order chi connectivity index (χ1) is 21.7. The molecule has 1 aromatic heterocycles. The van der Waals surface area contributed by atoms with Crippen molar-refractivity contribution in [1.29, 1.82) is 0 Å². The molecule has 2 unspecified atom stereocenters. The average Bonchev–Trinajstić information content (AvgIpc) is 3.31. The second kappa shape index (κ2) is 11.3. The Bertz CT molecular complexity index is 2060. The van der Waals surface area contributed by atoms with Crippen molar-refractivity contribution < 1.29 is 14.7 Å². The summed E-state index contributed by atoms with van der Waals surface area (Å²) in [6, 6.07) is 26.4. The number of nitrogens with zero attached hydrogens (tertiary/aromatic N) is 1. The van der Waals surface area contributed by atoms with Crippen LogP contribution in [0.15, 0.2) is 97.2 Å². The van der Waals surface area contributed by atoms with Gasteiger partial charge in [0.1, 0.15) is 5.69 Å². The van der Waals surface area contributed by atoms with Crippen LogP contribution in [0.25, 0.3) is 22.2 Å². The first-order valence-corrected chi connectivity index (χ1v) is 15.5. The van der Waals surface area contributed by atoms with Gasteiger partial charge < -0.3 is 20.3 Å². The monoisotopic (exact) mass is 633 g/mol. The van der Waals surface area contributed by atoms with Crippen molar-refractivity contribution in [3.05, 3.63) is 146 Å². The van der Waals surface area contributed by atoms with E-state index in [1.54, 1.807) is 6.07 Å². The summed E-state index contributed by atoms with van der Waals surface area (Å²) in [5.74, 6) is -1.30. The normalized spacial score (nSPS) is 17.3. The lowest BCUT2D eigenvalue weighted by molar-refractivity contribution is 0.0696. The van der Waals surface area contributed by atoms with Crippen LogP contribution in [0.3, 0.4) is 0 Å². The van der Waals surface area contributed by atoms with E-state index in [-0.39, 0.29) is 23.4 Å². The molecule has 3 N–H and O–H groups in total. The SMILES string of the molecule is Cc1ccc(C(=O)O)cc1NC(=O)c1[nH]c2cc(Cl)cc3c2c1C1=C(c2ccccc2)C(C)CC=CN1C3c1ccc(Cl)cc1. The van der Waals surface area contributed by atoms with E-state index >= 15 is 0 Å². The summed E-state index contributed by atoms with van der Waals surface area (Å²) >= 11 is 13.1. The summed E-state index contributed by atoms with van der Waals surface area (Å²) in [6.45, 7) is 4.04. The fraction of sp³-hybridized carbons (Fsp3) is 0.135. The van der Waals surface area contributed by atoms with Gasteiger partial charge in [-0.1, -0.05) is 84.7 Å². The molecular weight excluding hydrogens is 605 g/mol. The van der Waals surface area contributed by atoms with Crippen molar-refractivity contribution >= 4 is 62.9 Å². The number of amides is 1. The van der Waals surface area contributed by atoms with Gasteiger partial charge in [-0.3, -0.25) is 4.79 Å². The molecule has 5 aromatic rings. The van der Waals surface area contributed by atoms with Crippen LogP contribution in [0.1, 0.15) is 68.1 Å². The summed E-state index contributed by atoms with van der Waals surface area (Å²) in [7, 11) is 0. The Balaban J connectivity index is 1.54. The number of carbonyl (C=O) groups is 2. The molecule has 7 rings (SSSR count). The van der Waals surface area contributed by atoms with Crippen LogP contribution in [0.4, 0.5) is 5.69 Å². The first kappa shape index (κ1) is 29.0. The zero-order chi connectivity index (χ0) is 31.4. The van der Waals surface area contributed by atoms with E-state index in [1.165, 1.54) is 12.1 Å². The van der Waals surface area contributed by atoms with Crippen molar-refractivity contribution in [3.63, 3.8) is 0 Å². The Kier molecular flexibility index (Phi) is 7.27. The Morgan fingerprint density at radius 1 is 0.956 bits per heavy atom. The number of fused-ring (bicyclic) bond motifs is 2. The third kappa shape index (κ3) is 5.00. The largest absolute Gasteiger partial charge is 0.478 e. The van der Waals surface area contributed by atoms with Gasteiger partial charge in [-0.25, -0.2) is 4.79 Å². The number of aryl methyl sites for hydroxylation is 1. The number of carboxylic acids is 1. The van der Waals surface area contributed by atoms with Gasteiger partial charge in [-0.2, -0.15) is 0 Å². The molecule has 8 heteroatoms. The van der Waals surface area contributed by atoms with Gasteiger partial charge in [-0.05, 0) is 83.5 Å². The first-order valence-electron chi connectivity index (χ1n) is 14.7. The number of aromatic carboxylic acids is 1. The molecule has 45 heavy (non-hydrogen) atoms. The zero-order valence-corrected chi connectivity index (χ0v) is 26.1. The van der Waals surface area contributed by atoms with E-state index in [0.717, 1.165) is 56.4 Å². The fourth-order valence-electron chi connectivity index (χ4n) is 6.62. The lowest BCUT2D eigenvalue weighted by Crippen LogP contribution is -2.29. The molecule has 2 atom stereocenters. The molecule has 224 valence electrons. The number of halogens is 2. The molecule has 4 aromatic carbocycles. The maximum atomic E-state index is 14.3. The minimum atomic E-state index is -1.06. The maximum absolute atomic E-state index is 14.3. The number of hydrogen-bond donors (Lipinski definition) is 3. The molecule has 2 aliphatic rings. The van der Waals surface area contributed by atoms with E-state index in [0.29, 0.717) is 21.4 Å². The van der Waals surface area contributed by atoms with Gasteiger partial charge in [-0.15, -0.1) is 0 Å². The Hall–Kier alpha value is -4.78.